The number of halogens is 2. The normalized spacial score (nSPS) is 12.2. The lowest BCUT2D eigenvalue weighted by Crippen LogP contribution is -2.32. The lowest BCUT2D eigenvalue weighted by molar-refractivity contribution is -0.140. The van der Waals surface area contributed by atoms with Crippen LogP contribution in [-0.2, 0) is 16.1 Å². The molecule has 5 nitrogen and oxygen atoms in total. The Morgan fingerprint density at radius 3 is 2.94 bits per heavy atom. The first-order valence-corrected chi connectivity index (χ1v) is 6.40. The molecule has 0 aliphatic heterocycles. The fourth-order valence-electron chi connectivity index (χ4n) is 1.13. The Morgan fingerprint density at radius 2 is 2.38 bits per heavy atom. The van der Waals surface area contributed by atoms with Crippen molar-refractivity contribution < 1.29 is 9.53 Å². The minimum Gasteiger partial charge on any atom is -0.468 e. The number of nitrogens with zero attached hydrogens (tertiary/aromatic N) is 2. The average molecular weight is 401 g/mol. The Bertz CT molecular complexity index is 461. The molecule has 0 aliphatic rings. The van der Waals surface area contributed by atoms with Gasteiger partial charge in [0.25, 0.3) is 5.56 Å². The van der Waals surface area contributed by atoms with Crippen LogP contribution < -0.4 is 5.56 Å². The number of methoxy groups -OCH3 is 1. The predicted octanol–water partition coefficient (Wildman–Crippen LogP) is 1.09. The van der Waals surface area contributed by atoms with Crippen molar-refractivity contribution in [2.45, 2.75) is 18.3 Å². The molecule has 0 bridgehead atoms. The first-order valence-electron chi connectivity index (χ1n) is 4.41. The van der Waals surface area contributed by atoms with E-state index in [2.05, 4.69) is 25.7 Å². The number of hydrogen-bond donors (Lipinski definition) is 0. The minimum atomic E-state index is -0.547. The number of carbonyl (C=O) groups excluding carboxylic acids is 1. The number of hydrogen-bond acceptors (Lipinski definition) is 4. The lowest BCUT2D eigenvalue weighted by atomic mass is 10.4. The number of aromatic nitrogens is 2. The Morgan fingerprint density at radius 1 is 1.75 bits per heavy atom. The van der Waals surface area contributed by atoms with Crippen LogP contribution in [-0.4, -0.2) is 27.5 Å². The number of carbonyl (C=O) groups is 1. The van der Waals surface area contributed by atoms with Crippen molar-refractivity contribution in [2.24, 2.45) is 0 Å². The van der Waals surface area contributed by atoms with Gasteiger partial charge in [0.05, 0.1) is 17.2 Å². The maximum Gasteiger partial charge on any atom is 0.321 e. The van der Waals surface area contributed by atoms with Crippen molar-refractivity contribution in [3.8, 4) is 0 Å². The summed E-state index contributed by atoms with van der Waals surface area (Å²) in [7, 11) is 1.30. The van der Waals surface area contributed by atoms with Gasteiger partial charge in [-0.3, -0.25) is 14.2 Å². The van der Waals surface area contributed by atoms with Crippen LogP contribution in [0.2, 0.25) is 0 Å². The van der Waals surface area contributed by atoms with Gasteiger partial charge >= 0.3 is 5.97 Å². The molecule has 1 atom stereocenters. The van der Waals surface area contributed by atoms with Crippen molar-refractivity contribution in [3.05, 3.63) is 25.9 Å². The van der Waals surface area contributed by atoms with Crippen LogP contribution in [0.3, 0.4) is 0 Å². The molecule has 1 unspecified atom stereocenters. The zero-order valence-corrected chi connectivity index (χ0v) is 12.5. The fraction of sp³-hybridized carbons (Fsp3) is 0.444. The van der Waals surface area contributed by atoms with Crippen LogP contribution in [0.4, 0.5) is 0 Å². The van der Waals surface area contributed by atoms with Gasteiger partial charge < -0.3 is 4.74 Å². The summed E-state index contributed by atoms with van der Waals surface area (Å²) in [6.45, 7) is 1.93. The molecular formula is C9H10BrIN2O3. The molecule has 0 fully saturated rings. The van der Waals surface area contributed by atoms with Gasteiger partial charge in [-0.1, -0.05) is 15.9 Å². The zero-order valence-electron chi connectivity index (χ0n) is 8.74. The summed E-state index contributed by atoms with van der Waals surface area (Å²) >= 11 is 5.08. The quantitative estimate of drug-likeness (QED) is 0.433. The summed E-state index contributed by atoms with van der Waals surface area (Å²) < 4.78 is 6.53. The smallest absolute Gasteiger partial charge is 0.321 e. The van der Waals surface area contributed by atoms with Gasteiger partial charge in [0.15, 0.2) is 0 Å². The van der Waals surface area contributed by atoms with Crippen LogP contribution in [0, 0.1) is 10.5 Å². The van der Waals surface area contributed by atoms with Gasteiger partial charge in [-0.2, -0.15) is 0 Å². The van der Waals surface area contributed by atoms with E-state index in [0.29, 0.717) is 9.39 Å². The molecular weight excluding hydrogens is 391 g/mol. The SMILES string of the molecule is COC(=O)C(Br)Cn1c(C)ncc(I)c1=O. The summed E-state index contributed by atoms with van der Waals surface area (Å²) in [5.41, 5.74) is -0.151. The summed E-state index contributed by atoms with van der Waals surface area (Å²) in [4.78, 5) is 26.5. The Kier molecular flexibility index (Phi) is 4.90. The molecule has 0 amide bonds. The molecule has 1 aromatic heterocycles. The van der Waals surface area contributed by atoms with Crippen molar-refractivity contribution in [2.75, 3.05) is 7.11 Å². The molecule has 16 heavy (non-hydrogen) atoms. The van der Waals surface area contributed by atoms with E-state index < -0.39 is 10.8 Å². The summed E-state index contributed by atoms with van der Waals surface area (Å²) in [5.74, 6) is 0.156. The first-order chi connectivity index (χ1) is 7.47. The van der Waals surface area contributed by atoms with E-state index in [-0.39, 0.29) is 12.1 Å². The molecule has 0 aromatic carbocycles. The van der Waals surface area contributed by atoms with Crippen LogP contribution in [0.15, 0.2) is 11.0 Å². The van der Waals surface area contributed by atoms with E-state index in [4.69, 9.17) is 0 Å². The second-order valence-corrected chi connectivity index (χ2v) is 5.33. The van der Waals surface area contributed by atoms with Gasteiger partial charge in [0.2, 0.25) is 0 Å². The highest BCUT2D eigenvalue weighted by Gasteiger charge is 2.18. The fourth-order valence-corrected chi connectivity index (χ4v) is 2.04. The second kappa shape index (κ2) is 5.76. The largest absolute Gasteiger partial charge is 0.468 e. The van der Waals surface area contributed by atoms with Crippen LogP contribution in [0.25, 0.3) is 0 Å². The highest BCUT2D eigenvalue weighted by molar-refractivity contribution is 14.1. The van der Waals surface area contributed by atoms with E-state index in [9.17, 15) is 9.59 Å². The van der Waals surface area contributed by atoms with Crippen molar-refractivity contribution >= 4 is 44.5 Å². The standard InChI is InChI=1S/C9H10BrIN2O3/c1-5-12-3-7(11)8(14)13(5)4-6(10)9(15)16-2/h3,6H,4H2,1-2H3. The monoisotopic (exact) mass is 400 g/mol. The van der Waals surface area contributed by atoms with Gasteiger partial charge in [0, 0.05) is 6.20 Å². The number of ether oxygens (including phenoxy) is 1. The third-order valence-corrected chi connectivity index (χ3v) is 3.41. The third kappa shape index (κ3) is 3.03. The van der Waals surface area contributed by atoms with E-state index in [1.54, 1.807) is 6.92 Å². The summed E-state index contributed by atoms with van der Waals surface area (Å²) in [6.07, 6.45) is 1.51. The average Bonchev–Trinajstić information content (AvgIpc) is 2.28. The van der Waals surface area contributed by atoms with Gasteiger partial charge in [-0.25, -0.2) is 4.98 Å². The van der Waals surface area contributed by atoms with Crippen LogP contribution in [0.5, 0.6) is 0 Å². The molecule has 0 saturated heterocycles. The molecule has 1 rings (SSSR count). The highest BCUT2D eigenvalue weighted by atomic mass is 127. The Balaban J connectivity index is 3.02. The topological polar surface area (TPSA) is 61.2 Å². The molecule has 1 heterocycles. The number of esters is 1. The molecule has 0 aliphatic carbocycles. The predicted molar refractivity (Wildman–Crippen MR) is 70.7 cm³/mol. The van der Waals surface area contributed by atoms with Gasteiger partial charge in [0.1, 0.15) is 10.7 Å². The van der Waals surface area contributed by atoms with Crippen LogP contribution >= 0.6 is 38.5 Å². The molecule has 0 spiro atoms. The van der Waals surface area contributed by atoms with Crippen LogP contribution in [0.1, 0.15) is 5.82 Å². The van der Waals surface area contributed by atoms with E-state index in [1.165, 1.54) is 17.9 Å². The minimum absolute atomic E-state index is 0.151. The maximum absolute atomic E-state index is 11.8. The van der Waals surface area contributed by atoms with Crippen molar-refractivity contribution in [3.63, 3.8) is 0 Å². The lowest BCUT2D eigenvalue weighted by Gasteiger charge is -2.12. The van der Waals surface area contributed by atoms with E-state index >= 15 is 0 Å². The first kappa shape index (κ1) is 13.6. The van der Waals surface area contributed by atoms with Crippen molar-refractivity contribution in [1.82, 2.24) is 9.55 Å². The Hall–Kier alpha value is -0.440. The molecule has 1 aromatic rings. The van der Waals surface area contributed by atoms with Gasteiger partial charge in [-0.05, 0) is 29.5 Å². The number of aryl methyl sites for hydroxylation is 1. The van der Waals surface area contributed by atoms with Crippen molar-refractivity contribution in [1.29, 1.82) is 0 Å². The number of rotatable bonds is 3. The van der Waals surface area contributed by atoms with E-state index in [0.717, 1.165) is 0 Å². The summed E-state index contributed by atoms with van der Waals surface area (Å²) in [6, 6.07) is 0. The highest BCUT2D eigenvalue weighted by Crippen LogP contribution is 2.06. The Labute approximate surface area is 114 Å². The zero-order chi connectivity index (χ0) is 12.3. The third-order valence-electron chi connectivity index (χ3n) is 2.00. The molecule has 0 N–H and O–H groups in total. The molecule has 0 radical (unpaired) electrons. The molecule has 88 valence electrons. The van der Waals surface area contributed by atoms with Gasteiger partial charge in [-0.15, -0.1) is 0 Å². The number of alkyl halides is 1. The molecule has 7 heteroatoms. The molecule has 0 saturated carbocycles. The second-order valence-electron chi connectivity index (χ2n) is 3.06. The maximum atomic E-state index is 11.8. The summed E-state index contributed by atoms with van der Waals surface area (Å²) in [5, 5.41) is 0. The van der Waals surface area contributed by atoms with E-state index in [1.807, 2.05) is 22.6 Å².